The van der Waals surface area contributed by atoms with E-state index in [0.29, 0.717) is 31.9 Å². The van der Waals surface area contributed by atoms with Crippen LogP contribution in [0.25, 0.3) is 10.9 Å². The Morgan fingerprint density at radius 1 is 1.03 bits per heavy atom. The Kier molecular flexibility index (Phi) is 5.74. The number of nitrogens with zero attached hydrogens (tertiary/aromatic N) is 3. The number of carbonyl (C=O) groups is 1. The third-order valence-corrected chi connectivity index (χ3v) is 6.36. The summed E-state index contributed by atoms with van der Waals surface area (Å²) in [7, 11) is 0. The van der Waals surface area contributed by atoms with Crippen molar-refractivity contribution in [1.82, 2.24) is 8.87 Å². The lowest BCUT2D eigenvalue weighted by Crippen LogP contribution is -2.43. The van der Waals surface area contributed by atoms with E-state index in [2.05, 4.69) is 4.31 Å². The molecule has 158 valence electrons. The highest BCUT2D eigenvalue weighted by Gasteiger charge is 2.32. The number of fused-ring (bicyclic) bond motifs is 1. The molecular formula is C21H19ClF3N3OS. The molecule has 4 rings (SSSR count). The molecule has 0 saturated carbocycles. The van der Waals surface area contributed by atoms with Crippen molar-refractivity contribution in [1.29, 1.82) is 0 Å². The van der Waals surface area contributed by atoms with Gasteiger partial charge in [0.05, 0.1) is 11.1 Å². The van der Waals surface area contributed by atoms with Crippen molar-refractivity contribution in [3.05, 3.63) is 59.2 Å². The minimum Gasteiger partial charge on any atom is -0.369 e. The Morgan fingerprint density at radius 3 is 2.43 bits per heavy atom. The zero-order valence-corrected chi connectivity index (χ0v) is 17.7. The lowest BCUT2D eigenvalue weighted by atomic mass is 10.1. The van der Waals surface area contributed by atoms with E-state index in [1.807, 2.05) is 29.2 Å². The van der Waals surface area contributed by atoms with Gasteiger partial charge in [0.15, 0.2) is 0 Å². The van der Waals surface area contributed by atoms with Gasteiger partial charge in [-0.3, -0.25) is 9.36 Å². The maximum absolute atomic E-state index is 13.1. The highest BCUT2D eigenvalue weighted by molar-refractivity contribution is 7.97. The van der Waals surface area contributed by atoms with E-state index in [0.717, 1.165) is 27.9 Å². The second-order valence-corrected chi connectivity index (χ2v) is 8.74. The van der Waals surface area contributed by atoms with Gasteiger partial charge in [0.2, 0.25) is 5.91 Å². The number of alkyl halides is 3. The summed E-state index contributed by atoms with van der Waals surface area (Å²) in [4.78, 5) is 14.6. The first-order valence-corrected chi connectivity index (χ1v) is 10.5. The molecule has 1 saturated heterocycles. The van der Waals surface area contributed by atoms with E-state index < -0.39 is 11.7 Å². The van der Waals surface area contributed by atoms with Gasteiger partial charge in [-0.2, -0.15) is 13.2 Å². The summed E-state index contributed by atoms with van der Waals surface area (Å²) in [5.74, 6) is -0.0313. The second-order valence-electron chi connectivity index (χ2n) is 7.13. The van der Waals surface area contributed by atoms with E-state index in [9.17, 15) is 18.0 Å². The van der Waals surface area contributed by atoms with Crippen LogP contribution in [0, 0.1) is 0 Å². The minimum atomic E-state index is -4.42. The Bertz CT molecular complexity index is 1090. The van der Waals surface area contributed by atoms with Crippen molar-refractivity contribution in [2.24, 2.45) is 0 Å². The number of hydrogen-bond donors (Lipinski definition) is 0. The zero-order valence-electron chi connectivity index (χ0n) is 16.1. The SMILES string of the molecule is CC(=O)n1ccc2cc(SN3CCN(c4cc(Cl)cc(C(F)(F)F)c4)CC3)ccc21. The molecule has 9 heteroatoms. The fourth-order valence-electron chi connectivity index (χ4n) is 3.56. The van der Waals surface area contributed by atoms with Crippen molar-refractivity contribution < 1.29 is 18.0 Å². The van der Waals surface area contributed by atoms with E-state index in [-0.39, 0.29) is 10.9 Å². The molecule has 0 bridgehead atoms. The number of hydrogen-bond acceptors (Lipinski definition) is 4. The van der Waals surface area contributed by atoms with E-state index >= 15 is 0 Å². The van der Waals surface area contributed by atoms with Gasteiger partial charge in [-0.15, -0.1) is 0 Å². The van der Waals surface area contributed by atoms with Crippen LogP contribution < -0.4 is 4.90 Å². The summed E-state index contributed by atoms with van der Waals surface area (Å²) in [6, 6.07) is 11.5. The van der Waals surface area contributed by atoms with Crippen LogP contribution >= 0.6 is 23.5 Å². The van der Waals surface area contributed by atoms with Crippen molar-refractivity contribution in [2.75, 3.05) is 31.1 Å². The summed E-state index contributed by atoms with van der Waals surface area (Å²) >= 11 is 7.53. The van der Waals surface area contributed by atoms with Gasteiger partial charge in [0.1, 0.15) is 0 Å². The Hall–Kier alpha value is -2.16. The molecule has 30 heavy (non-hydrogen) atoms. The van der Waals surface area contributed by atoms with Crippen LogP contribution in [0.3, 0.4) is 0 Å². The molecule has 3 aromatic rings. The Labute approximate surface area is 181 Å². The van der Waals surface area contributed by atoms with E-state index in [1.54, 1.807) is 28.8 Å². The van der Waals surface area contributed by atoms with Crippen molar-refractivity contribution in [3.8, 4) is 0 Å². The first-order valence-electron chi connectivity index (χ1n) is 9.38. The van der Waals surface area contributed by atoms with Gasteiger partial charge < -0.3 is 4.90 Å². The molecule has 0 atom stereocenters. The van der Waals surface area contributed by atoms with Crippen molar-refractivity contribution in [2.45, 2.75) is 18.0 Å². The largest absolute Gasteiger partial charge is 0.416 e. The molecule has 0 N–H and O–H groups in total. The van der Waals surface area contributed by atoms with Crippen LogP contribution in [0.2, 0.25) is 5.02 Å². The topological polar surface area (TPSA) is 28.5 Å². The van der Waals surface area contributed by atoms with Crippen molar-refractivity contribution in [3.63, 3.8) is 0 Å². The summed E-state index contributed by atoms with van der Waals surface area (Å²) in [6.07, 6.45) is -2.66. The fraction of sp³-hybridized carbons (Fsp3) is 0.286. The van der Waals surface area contributed by atoms with Crippen LogP contribution in [0.4, 0.5) is 18.9 Å². The summed E-state index contributed by atoms with van der Waals surface area (Å²) < 4.78 is 43.0. The number of piperazine rings is 1. The number of carbonyl (C=O) groups excluding carboxylic acids is 1. The van der Waals surface area contributed by atoms with Crippen LogP contribution in [-0.2, 0) is 6.18 Å². The summed E-state index contributed by atoms with van der Waals surface area (Å²) in [6.45, 7) is 4.14. The molecule has 0 amide bonds. The van der Waals surface area contributed by atoms with Crippen molar-refractivity contribution >= 4 is 46.0 Å². The van der Waals surface area contributed by atoms with Gasteiger partial charge in [0, 0.05) is 60.3 Å². The lowest BCUT2D eigenvalue weighted by molar-refractivity contribution is -0.137. The average molecular weight is 454 g/mol. The first kappa shape index (κ1) is 21.1. The molecule has 0 aliphatic carbocycles. The van der Waals surface area contributed by atoms with Crippen LogP contribution in [0.1, 0.15) is 17.3 Å². The van der Waals surface area contributed by atoms with Gasteiger partial charge in [0.25, 0.3) is 0 Å². The predicted octanol–water partition coefficient (Wildman–Crippen LogP) is 5.80. The zero-order chi connectivity index (χ0) is 21.5. The molecular weight excluding hydrogens is 435 g/mol. The molecule has 0 radical (unpaired) electrons. The third-order valence-electron chi connectivity index (χ3n) is 5.05. The molecule has 2 aromatic carbocycles. The molecule has 4 nitrogen and oxygen atoms in total. The first-order chi connectivity index (χ1) is 14.2. The lowest BCUT2D eigenvalue weighted by Gasteiger charge is -2.35. The monoisotopic (exact) mass is 453 g/mol. The Balaban J connectivity index is 1.42. The number of rotatable bonds is 3. The summed E-state index contributed by atoms with van der Waals surface area (Å²) in [5, 5.41) is 1.08. The average Bonchev–Trinajstić information content (AvgIpc) is 3.11. The molecule has 1 fully saturated rings. The molecule has 2 heterocycles. The third kappa shape index (κ3) is 4.45. The fourth-order valence-corrected chi connectivity index (χ4v) is 4.74. The van der Waals surface area contributed by atoms with Gasteiger partial charge in [-0.25, -0.2) is 4.31 Å². The molecule has 1 aromatic heterocycles. The number of aromatic nitrogens is 1. The van der Waals surface area contributed by atoms with Gasteiger partial charge >= 0.3 is 6.18 Å². The Morgan fingerprint density at radius 2 is 1.77 bits per heavy atom. The molecule has 0 spiro atoms. The minimum absolute atomic E-state index is 0.0313. The highest BCUT2D eigenvalue weighted by Crippen LogP contribution is 2.35. The molecule has 0 unspecified atom stereocenters. The van der Waals surface area contributed by atoms with Gasteiger partial charge in [-0.05, 0) is 54.4 Å². The maximum Gasteiger partial charge on any atom is 0.416 e. The standard InChI is InChI=1S/C21H19ClF3N3OS/c1-14(29)28-5-4-15-10-19(2-3-20(15)28)30-27-8-6-26(7-9-27)18-12-16(21(23,24)25)11-17(22)13-18/h2-5,10-13H,6-9H2,1H3. The maximum atomic E-state index is 13.1. The normalized spacial score (nSPS) is 15.7. The summed E-state index contributed by atoms with van der Waals surface area (Å²) in [5.41, 5.74) is 0.636. The van der Waals surface area contributed by atoms with E-state index in [1.165, 1.54) is 6.92 Å². The van der Waals surface area contributed by atoms with Gasteiger partial charge in [-0.1, -0.05) is 11.6 Å². The number of anilines is 1. The smallest absolute Gasteiger partial charge is 0.369 e. The van der Waals surface area contributed by atoms with Crippen LogP contribution in [-0.4, -0.2) is 41.0 Å². The predicted molar refractivity (Wildman–Crippen MR) is 114 cm³/mol. The molecule has 1 aliphatic rings. The molecule has 1 aliphatic heterocycles. The number of benzene rings is 2. The van der Waals surface area contributed by atoms with E-state index in [4.69, 9.17) is 11.6 Å². The number of halogens is 4. The quantitative estimate of drug-likeness (QED) is 0.468. The van der Waals surface area contributed by atoms with Crippen LogP contribution in [0.5, 0.6) is 0 Å². The van der Waals surface area contributed by atoms with Crippen LogP contribution in [0.15, 0.2) is 53.6 Å². The highest BCUT2D eigenvalue weighted by atomic mass is 35.5. The second kappa shape index (κ2) is 8.17.